The summed E-state index contributed by atoms with van der Waals surface area (Å²) in [6, 6.07) is 4.85. The average molecular weight is 190 g/mol. The van der Waals surface area contributed by atoms with Gasteiger partial charge < -0.3 is 0 Å². The molecular weight excluding hydrogens is 172 g/mol. The molecule has 1 fully saturated rings. The summed E-state index contributed by atoms with van der Waals surface area (Å²) in [6.45, 7) is 6.74. The van der Waals surface area contributed by atoms with Gasteiger partial charge in [0.25, 0.3) is 0 Å². The summed E-state index contributed by atoms with van der Waals surface area (Å²) in [5.74, 6) is 0. The Morgan fingerprint density at radius 2 is 2.43 bits per heavy atom. The van der Waals surface area contributed by atoms with Crippen molar-refractivity contribution in [3.63, 3.8) is 0 Å². The molecule has 0 radical (unpaired) electrons. The molecule has 0 bridgehead atoms. The average Bonchev–Trinajstić information content (AvgIpc) is 2.65. The van der Waals surface area contributed by atoms with Crippen molar-refractivity contribution in [2.24, 2.45) is 0 Å². The first-order chi connectivity index (χ1) is 6.81. The Kier molecular flexibility index (Phi) is 2.82. The number of hydrogen-bond donors (Lipinski definition) is 0. The number of rotatable bonds is 2. The van der Waals surface area contributed by atoms with Gasteiger partial charge in [0, 0.05) is 6.20 Å². The maximum absolute atomic E-state index is 4.48. The molecule has 2 rings (SSSR count). The van der Waals surface area contributed by atoms with Crippen LogP contribution in [0.1, 0.15) is 37.1 Å². The lowest BCUT2D eigenvalue weighted by atomic mass is 10.1. The molecule has 1 aliphatic rings. The molecule has 14 heavy (non-hydrogen) atoms. The highest BCUT2D eigenvalue weighted by atomic mass is 15.2. The highest BCUT2D eigenvalue weighted by Gasteiger charge is 2.25. The first-order valence-electron chi connectivity index (χ1n) is 5.48. The van der Waals surface area contributed by atoms with Crippen LogP contribution in [0.4, 0.5) is 0 Å². The van der Waals surface area contributed by atoms with Crippen LogP contribution >= 0.6 is 0 Å². The fraction of sp³-hybridized carbons (Fsp3) is 0.583. The van der Waals surface area contributed by atoms with Gasteiger partial charge in [-0.15, -0.1) is 0 Å². The minimum Gasteiger partial charge on any atom is -0.295 e. The van der Waals surface area contributed by atoms with Gasteiger partial charge in [-0.3, -0.25) is 9.88 Å². The number of likely N-dealkylation sites (tertiary alicyclic amines) is 1. The van der Waals surface area contributed by atoms with E-state index >= 15 is 0 Å². The topological polar surface area (TPSA) is 16.1 Å². The Morgan fingerprint density at radius 3 is 3.14 bits per heavy atom. The predicted octanol–water partition coefficient (Wildman–Crippen LogP) is 2.55. The fourth-order valence-corrected chi connectivity index (χ4v) is 2.28. The van der Waals surface area contributed by atoms with Gasteiger partial charge in [0.05, 0.1) is 11.7 Å². The van der Waals surface area contributed by atoms with E-state index in [1.807, 2.05) is 6.20 Å². The fourth-order valence-electron chi connectivity index (χ4n) is 2.28. The van der Waals surface area contributed by atoms with Crippen molar-refractivity contribution in [1.82, 2.24) is 9.88 Å². The lowest BCUT2D eigenvalue weighted by Crippen LogP contribution is -2.23. The summed E-state index contributed by atoms with van der Waals surface area (Å²) in [5.41, 5.74) is 2.57. The van der Waals surface area contributed by atoms with Crippen molar-refractivity contribution in [2.75, 3.05) is 13.1 Å². The van der Waals surface area contributed by atoms with E-state index in [4.69, 9.17) is 0 Å². The molecule has 76 valence electrons. The van der Waals surface area contributed by atoms with Gasteiger partial charge in [0.1, 0.15) is 0 Å². The third-order valence-electron chi connectivity index (χ3n) is 3.05. The maximum atomic E-state index is 4.48. The third kappa shape index (κ3) is 1.80. The van der Waals surface area contributed by atoms with E-state index in [-0.39, 0.29) is 0 Å². The Bertz CT molecular complexity index is 309. The molecule has 0 N–H and O–H groups in total. The van der Waals surface area contributed by atoms with Crippen LogP contribution in [0.3, 0.4) is 0 Å². The van der Waals surface area contributed by atoms with Crippen molar-refractivity contribution in [3.05, 3.63) is 29.6 Å². The molecule has 2 heteroatoms. The summed E-state index contributed by atoms with van der Waals surface area (Å²) in [5, 5.41) is 0. The number of hydrogen-bond acceptors (Lipinski definition) is 2. The molecule has 0 unspecified atom stereocenters. The molecule has 0 aromatic carbocycles. The highest BCUT2D eigenvalue weighted by Crippen LogP contribution is 2.30. The second-order valence-corrected chi connectivity index (χ2v) is 4.04. The molecule has 0 saturated carbocycles. The zero-order chi connectivity index (χ0) is 9.97. The van der Waals surface area contributed by atoms with Crippen LogP contribution < -0.4 is 0 Å². The Labute approximate surface area is 86.0 Å². The number of aryl methyl sites for hydroxylation is 1. The van der Waals surface area contributed by atoms with Crippen LogP contribution in [0.2, 0.25) is 0 Å². The maximum Gasteiger partial charge on any atom is 0.0578 e. The summed E-state index contributed by atoms with van der Waals surface area (Å²) in [6.07, 6.45) is 4.51. The van der Waals surface area contributed by atoms with Crippen LogP contribution in [0.5, 0.6) is 0 Å². The van der Waals surface area contributed by atoms with E-state index in [9.17, 15) is 0 Å². The largest absolute Gasteiger partial charge is 0.295 e. The van der Waals surface area contributed by atoms with Gasteiger partial charge in [0.15, 0.2) is 0 Å². The molecule has 1 saturated heterocycles. The third-order valence-corrected chi connectivity index (χ3v) is 3.05. The van der Waals surface area contributed by atoms with Gasteiger partial charge in [-0.1, -0.05) is 6.92 Å². The molecule has 0 amide bonds. The van der Waals surface area contributed by atoms with Crippen molar-refractivity contribution >= 4 is 0 Å². The zero-order valence-electron chi connectivity index (χ0n) is 9.03. The number of aromatic nitrogens is 1. The van der Waals surface area contributed by atoms with Crippen molar-refractivity contribution < 1.29 is 0 Å². The highest BCUT2D eigenvalue weighted by molar-refractivity contribution is 5.18. The first kappa shape index (κ1) is 9.66. The number of nitrogens with zero attached hydrogens (tertiary/aromatic N) is 2. The molecule has 0 spiro atoms. The van der Waals surface area contributed by atoms with E-state index < -0.39 is 0 Å². The van der Waals surface area contributed by atoms with Gasteiger partial charge >= 0.3 is 0 Å². The van der Waals surface area contributed by atoms with Crippen molar-refractivity contribution in [3.8, 4) is 0 Å². The quantitative estimate of drug-likeness (QED) is 0.712. The van der Waals surface area contributed by atoms with Gasteiger partial charge in [-0.05, 0) is 50.6 Å². The first-order valence-corrected chi connectivity index (χ1v) is 5.48. The molecule has 1 aromatic rings. The Hall–Kier alpha value is -0.890. The minimum atomic E-state index is 0.569. The van der Waals surface area contributed by atoms with Crippen LogP contribution in [-0.2, 0) is 0 Å². The molecule has 1 aliphatic heterocycles. The molecule has 1 atom stereocenters. The molecule has 0 aliphatic carbocycles. The van der Waals surface area contributed by atoms with Crippen LogP contribution in [0.15, 0.2) is 18.3 Å². The molecule has 2 heterocycles. The van der Waals surface area contributed by atoms with Crippen LogP contribution in [0, 0.1) is 6.92 Å². The minimum absolute atomic E-state index is 0.569. The SMILES string of the molecule is CCN1CCC[C@@H]1c1cc(C)ccn1. The van der Waals surface area contributed by atoms with Crippen LogP contribution in [0.25, 0.3) is 0 Å². The van der Waals surface area contributed by atoms with E-state index in [1.54, 1.807) is 0 Å². The summed E-state index contributed by atoms with van der Waals surface area (Å²) in [7, 11) is 0. The summed E-state index contributed by atoms with van der Waals surface area (Å²) in [4.78, 5) is 6.99. The van der Waals surface area contributed by atoms with E-state index in [1.165, 1.54) is 30.6 Å². The van der Waals surface area contributed by atoms with Gasteiger partial charge in [-0.25, -0.2) is 0 Å². The standard InChI is InChI=1S/C12H18N2/c1-3-14-8-4-5-12(14)11-9-10(2)6-7-13-11/h6-7,9,12H,3-5,8H2,1-2H3/t12-/m1/s1. The smallest absolute Gasteiger partial charge is 0.0578 e. The van der Waals surface area contributed by atoms with Gasteiger partial charge in [-0.2, -0.15) is 0 Å². The van der Waals surface area contributed by atoms with Gasteiger partial charge in [0.2, 0.25) is 0 Å². The van der Waals surface area contributed by atoms with Crippen molar-refractivity contribution in [1.29, 1.82) is 0 Å². The molecule has 1 aromatic heterocycles. The predicted molar refractivity (Wildman–Crippen MR) is 58.2 cm³/mol. The second kappa shape index (κ2) is 4.09. The lowest BCUT2D eigenvalue weighted by Gasteiger charge is -2.22. The summed E-state index contributed by atoms with van der Waals surface area (Å²) < 4.78 is 0. The Balaban J connectivity index is 2.21. The van der Waals surface area contributed by atoms with E-state index in [0.29, 0.717) is 6.04 Å². The lowest BCUT2D eigenvalue weighted by molar-refractivity contribution is 0.267. The molecular formula is C12H18N2. The monoisotopic (exact) mass is 190 g/mol. The normalized spacial score (nSPS) is 22.9. The van der Waals surface area contributed by atoms with E-state index in [0.717, 1.165) is 6.54 Å². The Morgan fingerprint density at radius 1 is 1.57 bits per heavy atom. The second-order valence-electron chi connectivity index (χ2n) is 4.04. The summed E-state index contributed by atoms with van der Waals surface area (Å²) >= 11 is 0. The van der Waals surface area contributed by atoms with Crippen LogP contribution in [-0.4, -0.2) is 23.0 Å². The number of pyridine rings is 1. The van der Waals surface area contributed by atoms with E-state index in [2.05, 4.69) is 35.9 Å². The zero-order valence-corrected chi connectivity index (χ0v) is 9.03. The molecule has 2 nitrogen and oxygen atoms in total. The van der Waals surface area contributed by atoms with Crippen molar-refractivity contribution in [2.45, 2.75) is 32.7 Å².